The van der Waals surface area contributed by atoms with Crippen LogP contribution in [0.4, 0.5) is 0 Å². The molecule has 2 rings (SSSR count). The fraction of sp³-hybridized carbons (Fsp3) is 0.429. The third-order valence-corrected chi connectivity index (χ3v) is 4.85. The lowest BCUT2D eigenvalue weighted by Crippen LogP contribution is -2.33. The molecule has 1 heterocycles. The van der Waals surface area contributed by atoms with Crippen LogP contribution in [0.5, 0.6) is 11.5 Å². The van der Waals surface area contributed by atoms with Crippen LogP contribution in [0.25, 0.3) is 0 Å². The van der Waals surface area contributed by atoms with Crippen LogP contribution in [-0.4, -0.2) is 36.5 Å². The molecule has 0 saturated carbocycles. The molecule has 0 aliphatic rings. The maximum atomic E-state index is 6.00. The summed E-state index contributed by atoms with van der Waals surface area (Å²) in [5, 5.41) is 4.16. The van der Waals surface area contributed by atoms with Crippen molar-refractivity contribution < 1.29 is 9.47 Å². The van der Waals surface area contributed by atoms with Crippen molar-refractivity contribution in [3.8, 4) is 11.5 Å². The molecule has 0 aliphatic carbocycles. The molecule has 0 bridgehead atoms. The highest BCUT2D eigenvalue weighted by Gasteiger charge is 2.13. The second-order valence-electron chi connectivity index (χ2n) is 7.28. The summed E-state index contributed by atoms with van der Waals surface area (Å²) in [6.07, 6.45) is 2.62. The van der Waals surface area contributed by atoms with Crippen molar-refractivity contribution in [3.63, 3.8) is 0 Å². The highest BCUT2D eigenvalue weighted by Crippen LogP contribution is 2.30. The summed E-state index contributed by atoms with van der Waals surface area (Å²) in [7, 11) is 3.26. The molecule has 160 valence electrons. The average molecular weight is 530 g/mol. The molecule has 6 nitrogen and oxygen atoms in total. The Kier molecular flexibility index (Phi) is 10.6. The summed E-state index contributed by atoms with van der Waals surface area (Å²) in [4.78, 5) is 8.84. The molecule has 3 N–H and O–H groups in total. The van der Waals surface area contributed by atoms with E-state index in [2.05, 4.69) is 42.1 Å². The predicted octanol–water partition coefficient (Wildman–Crippen LogP) is 4.25. The number of nitrogens with one attached hydrogen (secondary N) is 1. The minimum absolute atomic E-state index is 0. The second-order valence-corrected chi connectivity index (χ2v) is 9.13. The number of aliphatic imine (C=N–C) groups is 1. The average Bonchev–Trinajstić information content (AvgIpc) is 2.65. The second kappa shape index (κ2) is 12.1. The van der Waals surface area contributed by atoms with Crippen molar-refractivity contribution in [2.24, 2.45) is 10.7 Å². The third-order valence-electron chi connectivity index (χ3n) is 3.81. The van der Waals surface area contributed by atoms with Gasteiger partial charge in [0.1, 0.15) is 0 Å². The van der Waals surface area contributed by atoms with Gasteiger partial charge in [-0.3, -0.25) is 0 Å². The molecule has 2 aromatic rings. The summed E-state index contributed by atoms with van der Waals surface area (Å²) in [5.41, 5.74) is 8.22. The summed E-state index contributed by atoms with van der Waals surface area (Å²) in [6, 6.07) is 9.92. The number of hydrogen-bond acceptors (Lipinski definition) is 5. The fourth-order valence-electron chi connectivity index (χ4n) is 2.52. The van der Waals surface area contributed by atoms with E-state index in [9.17, 15) is 0 Å². The highest BCUT2D eigenvalue weighted by atomic mass is 127. The van der Waals surface area contributed by atoms with Crippen LogP contribution in [0.3, 0.4) is 0 Å². The van der Waals surface area contributed by atoms with Gasteiger partial charge in [0.05, 0.1) is 25.8 Å². The van der Waals surface area contributed by atoms with Crippen LogP contribution < -0.4 is 20.5 Å². The van der Waals surface area contributed by atoms with Gasteiger partial charge < -0.3 is 20.5 Å². The Morgan fingerprint density at radius 2 is 1.83 bits per heavy atom. The number of thioether (sulfide) groups is 1. The lowest BCUT2D eigenvalue weighted by Gasteiger charge is -2.16. The zero-order chi connectivity index (χ0) is 20.6. The van der Waals surface area contributed by atoms with Crippen molar-refractivity contribution in [1.29, 1.82) is 0 Å². The molecule has 0 radical (unpaired) electrons. The molecule has 0 amide bonds. The molecule has 0 unspecified atom stereocenters. The Balaban J connectivity index is 0.00000420. The van der Waals surface area contributed by atoms with E-state index in [1.807, 2.05) is 30.5 Å². The zero-order valence-electron chi connectivity index (χ0n) is 17.7. The number of nitrogens with zero attached hydrogens (tertiary/aromatic N) is 2. The van der Waals surface area contributed by atoms with Crippen molar-refractivity contribution in [2.45, 2.75) is 43.5 Å². The molecular weight excluding hydrogens is 499 g/mol. The van der Waals surface area contributed by atoms with E-state index in [0.29, 0.717) is 19.0 Å². The van der Waals surface area contributed by atoms with Gasteiger partial charge in [-0.15, -0.1) is 35.7 Å². The summed E-state index contributed by atoms with van der Waals surface area (Å²) >= 11 is 1.74. The lowest BCUT2D eigenvalue weighted by atomic mass is 10.1. The minimum atomic E-state index is 0. The molecule has 0 fully saturated rings. The van der Waals surface area contributed by atoms with Crippen LogP contribution in [-0.2, 0) is 13.0 Å². The van der Waals surface area contributed by atoms with Gasteiger partial charge in [-0.05, 0) is 41.8 Å². The van der Waals surface area contributed by atoms with Gasteiger partial charge >= 0.3 is 0 Å². The van der Waals surface area contributed by atoms with E-state index in [1.165, 1.54) is 0 Å². The fourth-order valence-corrected chi connectivity index (χ4v) is 3.47. The van der Waals surface area contributed by atoms with Crippen LogP contribution >= 0.6 is 35.7 Å². The smallest absolute Gasteiger partial charge is 0.188 e. The van der Waals surface area contributed by atoms with Gasteiger partial charge in [0, 0.05) is 17.5 Å². The van der Waals surface area contributed by atoms with Crippen molar-refractivity contribution >= 4 is 41.7 Å². The van der Waals surface area contributed by atoms with Gasteiger partial charge in [-0.2, -0.15) is 0 Å². The molecular formula is C21H31IN4O2S. The Morgan fingerprint density at radius 1 is 1.10 bits per heavy atom. The number of halogens is 1. The van der Waals surface area contributed by atoms with Gasteiger partial charge in [-0.1, -0.05) is 26.8 Å². The van der Waals surface area contributed by atoms with Crippen molar-refractivity contribution in [3.05, 3.63) is 47.7 Å². The number of methoxy groups -OCH3 is 2. The van der Waals surface area contributed by atoms with Crippen molar-refractivity contribution in [1.82, 2.24) is 10.3 Å². The Labute approximate surface area is 195 Å². The Morgan fingerprint density at radius 3 is 2.48 bits per heavy atom. The minimum Gasteiger partial charge on any atom is -0.493 e. The van der Waals surface area contributed by atoms with Crippen LogP contribution in [0.1, 0.15) is 31.9 Å². The zero-order valence-corrected chi connectivity index (χ0v) is 20.8. The Hall–Kier alpha value is -1.68. The van der Waals surface area contributed by atoms with Crippen LogP contribution in [0.15, 0.2) is 46.5 Å². The van der Waals surface area contributed by atoms with Crippen LogP contribution in [0, 0.1) is 0 Å². The summed E-state index contributed by atoms with van der Waals surface area (Å²) in [6.45, 7) is 7.72. The standard InChI is InChI=1S/C21H30N4O2S.HI/c1-21(2,3)28-19-13-16(9-10-23-19)14-25-20(22)24-11-8-15-6-7-17(26-4)18(12-15)27-5;/h6-7,9-10,12-13H,8,11,14H2,1-5H3,(H3,22,24,25);1H. The van der Waals surface area contributed by atoms with Gasteiger partial charge in [0.15, 0.2) is 17.5 Å². The monoisotopic (exact) mass is 530 g/mol. The maximum absolute atomic E-state index is 6.00. The number of nitrogens with two attached hydrogens (primary N) is 1. The molecule has 8 heteroatoms. The first-order chi connectivity index (χ1) is 13.3. The number of guanidine groups is 1. The molecule has 29 heavy (non-hydrogen) atoms. The van der Waals surface area contributed by atoms with E-state index in [4.69, 9.17) is 15.2 Å². The largest absolute Gasteiger partial charge is 0.493 e. The number of hydrogen-bond donors (Lipinski definition) is 2. The lowest BCUT2D eigenvalue weighted by molar-refractivity contribution is 0.354. The first kappa shape index (κ1) is 25.4. The van der Waals surface area contributed by atoms with E-state index in [0.717, 1.165) is 34.1 Å². The maximum Gasteiger partial charge on any atom is 0.188 e. The first-order valence-electron chi connectivity index (χ1n) is 9.19. The molecule has 0 spiro atoms. The first-order valence-corrected chi connectivity index (χ1v) is 10.0. The number of benzene rings is 1. The third kappa shape index (κ3) is 9.12. The number of pyridine rings is 1. The van der Waals surface area contributed by atoms with Gasteiger partial charge in [0.25, 0.3) is 0 Å². The summed E-state index contributed by atoms with van der Waals surface area (Å²) in [5.74, 6) is 1.88. The highest BCUT2D eigenvalue weighted by molar-refractivity contribution is 14.0. The normalized spacial score (nSPS) is 11.6. The SMILES string of the molecule is COc1ccc(CCNC(N)=NCc2ccnc(SC(C)(C)C)c2)cc1OC.I. The Bertz CT molecular complexity index is 810. The number of ether oxygens (including phenoxy) is 2. The van der Waals surface area contributed by atoms with Crippen LogP contribution in [0.2, 0.25) is 0 Å². The van der Waals surface area contributed by atoms with Gasteiger partial charge in [0.2, 0.25) is 0 Å². The van der Waals surface area contributed by atoms with Gasteiger partial charge in [-0.25, -0.2) is 9.98 Å². The summed E-state index contributed by atoms with van der Waals surface area (Å²) < 4.78 is 10.7. The van der Waals surface area contributed by atoms with E-state index < -0.39 is 0 Å². The number of aromatic nitrogens is 1. The molecule has 0 saturated heterocycles. The molecule has 0 atom stereocenters. The molecule has 0 aliphatic heterocycles. The number of rotatable bonds is 8. The van der Waals surface area contributed by atoms with E-state index in [-0.39, 0.29) is 28.7 Å². The quantitative estimate of drug-likeness (QED) is 0.230. The van der Waals surface area contributed by atoms with E-state index >= 15 is 0 Å². The molecule has 1 aromatic carbocycles. The predicted molar refractivity (Wildman–Crippen MR) is 132 cm³/mol. The van der Waals surface area contributed by atoms with Crippen molar-refractivity contribution in [2.75, 3.05) is 20.8 Å². The molecule has 1 aromatic heterocycles. The topological polar surface area (TPSA) is 81.8 Å². The van der Waals surface area contributed by atoms with E-state index in [1.54, 1.807) is 26.0 Å².